The largest absolute Gasteiger partial charge is 0.507 e. The summed E-state index contributed by atoms with van der Waals surface area (Å²) in [5.74, 6) is 0.619. The van der Waals surface area contributed by atoms with Crippen LogP contribution in [0.2, 0.25) is 0 Å². The maximum atomic E-state index is 11.8. The second-order valence-corrected chi connectivity index (χ2v) is 7.34. The predicted molar refractivity (Wildman–Crippen MR) is 105 cm³/mol. The van der Waals surface area contributed by atoms with Crippen LogP contribution >= 0.6 is 47.8 Å². The Morgan fingerprint density at radius 1 is 1.24 bits per heavy atom. The molecule has 0 heterocycles. The van der Waals surface area contributed by atoms with E-state index in [0.717, 1.165) is 4.47 Å². The van der Waals surface area contributed by atoms with Gasteiger partial charge in [0.2, 0.25) is 0 Å². The van der Waals surface area contributed by atoms with Gasteiger partial charge in [0, 0.05) is 4.47 Å². The first-order chi connectivity index (χ1) is 11.9. The van der Waals surface area contributed by atoms with Crippen molar-refractivity contribution in [3.05, 3.63) is 49.3 Å². The molecular weight excluding hydrogens is 524 g/mol. The number of carbonyl (C=O) groups is 1. The fraction of sp³-hybridized carbons (Fsp3) is 0.125. The van der Waals surface area contributed by atoms with Crippen LogP contribution in [0.25, 0.3) is 0 Å². The molecule has 6 nitrogen and oxygen atoms in total. The first kappa shape index (κ1) is 19.7. The van der Waals surface area contributed by atoms with Gasteiger partial charge in [-0.1, -0.05) is 15.9 Å². The van der Waals surface area contributed by atoms with Crippen molar-refractivity contribution < 1.29 is 19.4 Å². The van der Waals surface area contributed by atoms with Crippen LogP contribution in [0.1, 0.15) is 5.56 Å². The number of methoxy groups -OCH3 is 1. The van der Waals surface area contributed by atoms with Gasteiger partial charge in [-0.2, -0.15) is 5.10 Å². The van der Waals surface area contributed by atoms with Gasteiger partial charge in [0.1, 0.15) is 5.75 Å². The molecule has 9 heteroatoms. The van der Waals surface area contributed by atoms with Gasteiger partial charge in [0.15, 0.2) is 18.1 Å². The number of phenols is 1. The average Bonchev–Trinajstić information content (AvgIpc) is 2.56. The number of carbonyl (C=O) groups excluding carboxylic acids is 1. The highest BCUT2D eigenvalue weighted by atomic mass is 79.9. The second kappa shape index (κ2) is 9.21. The molecule has 0 aliphatic heterocycles. The van der Waals surface area contributed by atoms with Crippen molar-refractivity contribution in [3.8, 4) is 17.2 Å². The van der Waals surface area contributed by atoms with E-state index >= 15 is 0 Å². The molecule has 0 bridgehead atoms. The van der Waals surface area contributed by atoms with Crippen LogP contribution in [0.3, 0.4) is 0 Å². The van der Waals surface area contributed by atoms with E-state index in [0.29, 0.717) is 26.0 Å². The average molecular weight is 537 g/mol. The molecule has 0 atom stereocenters. The Balaban J connectivity index is 1.93. The van der Waals surface area contributed by atoms with Crippen molar-refractivity contribution >= 4 is 59.9 Å². The van der Waals surface area contributed by atoms with E-state index in [1.54, 1.807) is 24.3 Å². The number of nitrogens with one attached hydrogen (secondary N) is 1. The van der Waals surface area contributed by atoms with Crippen molar-refractivity contribution in [2.75, 3.05) is 13.7 Å². The van der Waals surface area contributed by atoms with Crippen LogP contribution in [0.15, 0.2) is 48.9 Å². The smallest absolute Gasteiger partial charge is 0.277 e. The van der Waals surface area contributed by atoms with Crippen LogP contribution in [0.5, 0.6) is 17.2 Å². The van der Waals surface area contributed by atoms with Gasteiger partial charge in [-0.25, -0.2) is 5.43 Å². The first-order valence-electron chi connectivity index (χ1n) is 6.87. The molecule has 0 aromatic heterocycles. The summed E-state index contributed by atoms with van der Waals surface area (Å²) in [6.45, 7) is -0.229. The lowest BCUT2D eigenvalue weighted by atomic mass is 10.2. The molecule has 2 N–H and O–H groups in total. The summed E-state index contributed by atoms with van der Waals surface area (Å²) in [5, 5.41) is 13.3. The molecule has 25 heavy (non-hydrogen) atoms. The third-order valence-corrected chi connectivity index (χ3v) is 4.60. The molecule has 0 radical (unpaired) electrons. The van der Waals surface area contributed by atoms with Gasteiger partial charge in [-0.3, -0.25) is 4.79 Å². The molecule has 2 rings (SSSR count). The molecule has 0 aliphatic rings. The molecule has 2 aromatic rings. The van der Waals surface area contributed by atoms with Gasteiger partial charge in [0.05, 0.1) is 22.3 Å². The van der Waals surface area contributed by atoms with Crippen LogP contribution in [-0.2, 0) is 4.79 Å². The lowest BCUT2D eigenvalue weighted by molar-refractivity contribution is -0.123. The van der Waals surface area contributed by atoms with Crippen LogP contribution in [0.4, 0.5) is 0 Å². The maximum absolute atomic E-state index is 11.8. The highest BCUT2D eigenvalue weighted by Crippen LogP contribution is 2.38. The van der Waals surface area contributed by atoms with Gasteiger partial charge in [-0.15, -0.1) is 0 Å². The Morgan fingerprint density at radius 3 is 2.68 bits per heavy atom. The maximum Gasteiger partial charge on any atom is 0.277 e. The van der Waals surface area contributed by atoms with Crippen molar-refractivity contribution in [1.82, 2.24) is 5.43 Å². The Hall–Kier alpha value is -1.58. The Bertz CT molecular complexity index is 812. The Morgan fingerprint density at radius 2 is 2.00 bits per heavy atom. The van der Waals surface area contributed by atoms with E-state index in [1.807, 2.05) is 0 Å². The van der Waals surface area contributed by atoms with E-state index in [4.69, 9.17) is 9.47 Å². The molecule has 0 saturated carbocycles. The van der Waals surface area contributed by atoms with Gasteiger partial charge < -0.3 is 14.6 Å². The number of ether oxygens (including phenoxy) is 2. The van der Waals surface area contributed by atoms with Gasteiger partial charge >= 0.3 is 0 Å². The van der Waals surface area contributed by atoms with Crippen LogP contribution in [0, 0.1) is 0 Å². The number of rotatable bonds is 6. The fourth-order valence-electron chi connectivity index (χ4n) is 1.78. The summed E-state index contributed by atoms with van der Waals surface area (Å²) in [4.78, 5) is 11.8. The molecule has 1 amide bonds. The number of hydrazone groups is 1. The van der Waals surface area contributed by atoms with E-state index in [9.17, 15) is 9.90 Å². The monoisotopic (exact) mass is 534 g/mol. The zero-order chi connectivity index (χ0) is 18.4. The van der Waals surface area contributed by atoms with E-state index in [-0.39, 0.29) is 12.4 Å². The number of amides is 1. The van der Waals surface area contributed by atoms with Gasteiger partial charge in [0.25, 0.3) is 5.91 Å². The number of halogens is 3. The molecular formula is C16H13Br3N2O4. The molecule has 0 fully saturated rings. The van der Waals surface area contributed by atoms with E-state index in [2.05, 4.69) is 58.3 Å². The number of hydrogen-bond acceptors (Lipinski definition) is 5. The Labute approximate surface area is 169 Å². The van der Waals surface area contributed by atoms with E-state index in [1.165, 1.54) is 19.4 Å². The van der Waals surface area contributed by atoms with Crippen molar-refractivity contribution in [2.24, 2.45) is 5.10 Å². The highest BCUT2D eigenvalue weighted by molar-refractivity contribution is 9.11. The summed E-state index contributed by atoms with van der Waals surface area (Å²) in [7, 11) is 1.52. The minimum absolute atomic E-state index is 0.128. The number of aromatic hydroxyl groups is 1. The third-order valence-electron chi connectivity index (χ3n) is 2.92. The van der Waals surface area contributed by atoms with Crippen LogP contribution < -0.4 is 14.9 Å². The number of phenolic OH excluding ortho intramolecular Hbond substituents is 1. The molecule has 0 spiro atoms. The normalized spacial score (nSPS) is 10.7. The predicted octanol–water partition coefficient (Wildman–Crippen LogP) is 4.22. The van der Waals surface area contributed by atoms with Gasteiger partial charge in [-0.05, 0) is 67.8 Å². The molecule has 0 saturated heterocycles. The molecule has 0 aliphatic carbocycles. The first-order valence-corrected chi connectivity index (χ1v) is 9.25. The molecule has 0 unspecified atom stereocenters. The van der Waals surface area contributed by atoms with Crippen LogP contribution in [-0.4, -0.2) is 30.9 Å². The minimum Gasteiger partial charge on any atom is -0.507 e. The second-order valence-electron chi connectivity index (χ2n) is 4.71. The zero-order valence-corrected chi connectivity index (χ0v) is 17.7. The number of nitrogens with zero attached hydrogens (tertiary/aromatic N) is 1. The summed E-state index contributed by atoms with van der Waals surface area (Å²) in [6, 6.07) is 8.38. The number of benzene rings is 2. The standard InChI is InChI=1S/C16H13Br3N2O4/c1-24-14-6-10(17)5-12(19)16(14)25-8-15(23)21-20-7-9-2-3-13(22)11(18)4-9/h2-7,22H,8H2,1H3,(H,21,23)/b20-7-. The summed E-state index contributed by atoms with van der Waals surface area (Å²) < 4.78 is 12.7. The van der Waals surface area contributed by atoms with Crippen molar-refractivity contribution in [3.63, 3.8) is 0 Å². The van der Waals surface area contributed by atoms with E-state index < -0.39 is 5.91 Å². The molecule has 2 aromatic carbocycles. The number of hydrogen-bond donors (Lipinski definition) is 2. The quantitative estimate of drug-likeness (QED) is 0.428. The lowest BCUT2D eigenvalue weighted by Crippen LogP contribution is -2.24. The topological polar surface area (TPSA) is 80.2 Å². The summed E-state index contributed by atoms with van der Waals surface area (Å²) in [5.41, 5.74) is 3.08. The van der Waals surface area contributed by atoms with Crippen molar-refractivity contribution in [2.45, 2.75) is 0 Å². The minimum atomic E-state index is -0.425. The molecule has 132 valence electrons. The summed E-state index contributed by atoms with van der Waals surface area (Å²) in [6.07, 6.45) is 1.46. The highest BCUT2D eigenvalue weighted by Gasteiger charge is 2.12. The lowest BCUT2D eigenvalue weighted by Gasteiger charge is -2.12. The third kappa shape index (κ3) is 5.72. The van der Waals surface area contributed by atoms with Crippen molar-refractivity contribution in [1.29, 1.82) is 0 Å². The zero-order valence-electron chi connectivity index (χ0n) is 12.9. The summed E-state index contributed by atoms with van der Waals surface area (Å²) >= 11 is 9.92. The Kier molecular flexibility index (Phi) is 7.27. The fourth-order valence-corrected chi connectivity index (χ4v) is 3.48. The SMILES string of the molecule is COc1cc(Br)cc(Br)c1OCC(=O)N/N=C\c1ccc(O)c(Br)c1.